The summed E-state index contributed by atoms with van der Waals surface area (Å²) < 4.78 is 41.5. The third-order valence-electron chi connectivity index (χ3n) is 6.04. The molecular formula is C23H28FN3O3S2. The number of thioether (sulfide) groups is 1. The van der Waals surface area contributed by atoms with Crippen LogP contribution in [0.4, 0.5) is 10.1 Å². The third kappa shape index (κ3) is 5.70. The van der Waals surface area contributed by atoms with Gasteiger partial charge in [0.15, 0.2) is 0 Å². The van der Waals surface area contributed by atoms with E-state index in [0.717, 1.165) is 42.9 Å². The van der Waals surface area contributed by atoms with Crippen LogP contribution in [0.1, 0.15) is 25.3 Å². The van der Waals surface area contributed by atoms with Gasteiger partial charge in [0, 0.05) is 29.7 Å². The smallest absolute Gasteiger partial charge is 0.240 e. The van der Waals surface area contributed by atoms with Crippen LogP contribution in [0.15, 0.2) is 52.3 Å². The molecule has 9 heteroatoms. The zero-order chi connectivity index (χ0) is 22.7. The minimum Gasteiger partial charge on any atom is -0.325 e. The van der Waals surface area contributed by atoms with Crippen LogP contribution in [-0.2, 0) is 21.4 Å². The Bertz CT molecular complexity index is 1070. The summed E-state index contributed by atoms with van der Waals surface area (Å²) in [4.78, 5) is 15.5. The lowest BCUT2D eigenvalue weighted by atomic mass is 9.97. The van der Waals surface area contributed by atoms with Gasteiger partial charge in [0.25, 0.3) is 0 Å². The van der Waals surface area contributed by atoms with Gasteiger partial charge in [-0.05, 0) is 67.7 Å². The van der Waals surface area contributed by atoms with Crippen LogP contribution >= 0.6 is 11.8 Å². The van der Waals surface area contributed by atoms with Gasteiger partial charge < -0.3 is 5.32 Å². The molecule has 0 aliphatic carbocycles. The second-order valence-electron chi connectivity index (χ2n) is 8.56. The number of carbonyl (C=O) groups excluding carboxylic acids is 1. The van der Waals surface area contributed by atoms with Gasteiger partial charge in [-0.15, -0.1) is 11.8 Å². The number of likely N-dealkylation sites (tertiary alicyclic amines) is 1. The summed E-state index contributed by atoms with van der Waals surface area (Å²) in [7, 11) is -3.66. The monoisotopic (exact) mass is 477 g/mol. The van der Waals surface area contributed by atoms with Crippen LogP contribution in [0.25, 0.3) is 0 Å². The van der Waals surface area contributed by atoms with Gasteiger partial charge in [-0.3, -0.25) is 9.69 Å². The number of hydrogen-bond donors (Lipinski definition) is 2. The summed E-state index contributed by atoms with van der Waals surface area (Å²) in [5, 5.41) is 2.84. The number of sulfonamides is 1. The highest BCUT2D eigenvalue weighted by Gasteiger charge is 2.25. The molecule has 172 valence electrons. The number of benzene rings is 2. The van der Waals surface area contributed by atoms with Gasteiger partial charge in [0.1, 0.15) is 5.82 Å². The highest BCUT2D eigenvalue weighted by atomic mass is 32.2. The fourth-order valence-electron chi connectivity index (χ4n) is 3.95. The Hall–Kier alpha value is -1.94. The molecule has 0 saturated carbocycles. The Labute approximate surface area is 193 Å². The van der Waals surface area contributed by atoms with Crippen molar-refractivity contribution in [2.24, 2.45) is 11.8 Å². The Kier molecular flexibility index (Phi) is 7.19. The largest absolute Gasteiger partial charge is 0.325 e. The van der Waals surface area contributed by atoms with E-state index in [1.165, 1.54) is 12.1 Å². The molecule has 0 spiro atoms. The van der Waals surface area contributed by atoms with E-state index < -0.39 is 10.0 Å². The van der Waals surface area contributed by atoms with Crippen molar-refractivity contribution in [3.63, 3.8) is 0 Å². The molecule has 0 bridgehead atoms. The SMILES string of the molecule is CC1CSc2ccc(S(=O)(=O)NCC3CCN(Cc4ccc(F)cc4)CC3)cc2NC1=O. The van der Waals surface area contributed by atoms with E-state index in [2.05, 4.69) is 14.9 Å². The molecule has 2 aromatic rings. The number of hydrogen-bond acceptors (Lipinski definition) is 5. The van der Waals surface area contributed by atoms with E-state index in [4.69, 9.17) is 0 Å². The van der Waals surface area contributed by atoms with Crippen LogP contribution < -0.4 is 10.0 Å². The first-order valence-electron chi connectivity index (χ1n) is 10.8. The minimum absolute atomic E-state index is 0.0915. The lowest BCUT2D eigenvalue weighted by Gasteiger charge is -2.32. The molecule has 32 heavy (non-hydrogen) atoms. The Morgan fingerprint density at radius 3 is 2.59 bits per heavy atom. The Morgan fingerprint density at radius 2 is 1.88 bits per heavy atom. The Morgan fingerprint density at radius 1 is 1.16 bits per heavy atom. The average molecular weight is 478 g/mol. The van der Waals surface area contributed by atoms with Crippen molar-refractivity contribution in [2.45, 2.75) is 36.1 Å². The van der Waals surface area contributed by atoms with Crippen molar-refractivity contribution >= 4 is 33.4 Å². The van der Waals surface area contributed by atoms with E-state index in [9.17, 15) is 17.6 Å². The molecule has 0 aromatic heterocycles. The average Bonchev–Trinajstić information content (AvgIpc) is 2.92. The number of amides is 1. The molecule has 1 amide bonds. The maximum absolute atomic E-state index is 13.1. The number of nitrogens with zero attached hydrogens (tertiary/aromatic N) is 1. The third-order valence-corrected chi connectivity index (χ3v) is 8.80. The van der Waals surface area contributed by atoms with Crippen molar-refractivity contribution in [1.82, 2.24) is 9.62 Å². The van der Waals surface area contributed by atoms with Crippen LogP contribution in [0.2, 0.25) is 0 Å². The maximum atomic E-state index is 13.1. The molecular weight excluding hydrogens is 449 g/mol. The lowest BCUT2D eigenvalue weighted by molar-refractivity contribution is -0.118. The van der Waals surface area contributed by atoms with Crippen molar-refractivity contribution in [1.29, 1.82) is 0 Å². The quantitative estimate of drug-likeness (QED) is 0.663. The lowest BCUT2D eigenvalue weighted by Crippen LogP contribution is -2.38. The summed E-state index contributed by atoms with van der Waals surface area (Å²) >= 11 is 1.56. The first-order valence-corrected chi connectivity index (χ1v) is 13.3. The minimum atomic E-state index is -3.66. The second kappa shape index (κ2) is 9.91. The van der Waals surface area contributed by atoms with Gasteiger partial charge in [-0.25, -0.2) is 17.5 Å². The summed E-state index contributed by atoms with van der Waals surface area (Å²) in [6.45, 7) is 4.78. The molecule has 6 nitrogen and oxygen atoms in total. The molecule has 2 heterocycles. The molecule has 2 aromatic carbocycles. The molecule has 4 rings (SSSR count). The van der Waals surface area contributed by atoms with E-state index in [1.54, 1.807) is 42.1 Å². The number of nitrogens with one attached hydrogen (secondary N) is 2. The van der Waals surface area contributed by atoms with Gasteiger partial charge in [-0.2, -0.15) is 0 Å². The molecule has 2 aliphatic rings. The highest BCUT2D eigenvalue weighted by molar-refractivity contribution is 7.99. The second-order valence-corrected chi connectivity index (χ2v) is 11.4. The fourth-order valence-corrected chi connectivity index (χ4v) is 6.11. The summed E-state index contributed by atoms with van der Waals surface area (Å²) in [5.41, 5.74) is 1.63. The van der Waals surface area contributed by atoms with Gasteiger partial charge >= 0.3 is 0 Å². The summed E-state index contributed by atoms with van der Waals surface area (Å²) in [6.07, 6.45) is 1.80. The molecule has 2 aliphatic heterocycles. The summed E-state index contributed by atoms with van der Waals surface area (Å²) in [6, 6.07) is 11.5. The van der Waals surface area contributed by atoms with Gasteiger partial charge in [0.2, 0.25) is 15.9 Å². The number of carbonyl (C=O) groups is 1. The number of rotatable bonds is 6. The highest BCUT2D eigenvalue weighted by Crippen LogP contribution is 2.34. The molecule has 1 fully saturated rings. The Balaban J connectivity index is 1.31. The molecule has 1 saturated heterocycles. The van der Waals surface area contributed by atoms with E-state index in [0.29, 0.717) is 18.0 Å². The van der Waals surface area contributed by atoms with Crippen molar-refractivity contribution in [3.8, 4) is 0 Å². The first-order chi connectivity index (χ1) is 15.3. The van der Waals surface area contributed by atoms with Crippen molar-refractivity contribution in [2.75, 3.05) is 30.7 Å². The van der Waals surface area contributed by atoms with Crippen LogP contribution in [-0.4, -0.2) is 44.6 Å². The topological polar surface area (TPSA) is 78.5 Å². The van der Waals surface area contributed by atoms with Crippen LogP contribution in [0.3, 0.4) is 0 Å². The predicted molar refractivity (Wildman–Crippen MR) is 125 cm³/mol. The molecule has 2 N–H and O–H groups in total. The standard InChI is InChI=1S/C23H28FN3O3S2/c1-16-15-31-22-7-6-20(12-21(22)26-23(16)28)32(29,30)25-13-17-8-10-27(11-9-17)14-18-2-4-19(24)5-3-18/h2-7,12,16-17,25H,8-11,13-15H2,1H3,(H,26,28). The van der Waals surface area contributed by atoms with E-state index in [-0.39, 0.29) is 28.5 Å². The number of halogens is 1. The van der Waals surface area contributed by atoms with Crippen molar-refractivity contribution in [3.05, 3.63) is 53.8 Å². The fraction of sp³-hybridized carbons (Fsp3) is 0.435. The van der Waals surface area contributed by atoms with Crippen LogP contribution in [0, 0.1) is 17.7 Å². The number of fused-ring (bicyclic) bond motifs is 1. The zero-order valence-electron chi connectivity index (χ0n) is 18.0. The molecule has 1 atom stereocenters. The van der Waals surface area contributed by atoms with Crippen molar-refractivity contribution < 1.29 is 17.6 Å². The number of anilines is 1. The van der Waals surface area contributed by atoms with E-state index >= 15 is 0 Å². The van der Waals surface area contributed by atoms with E-state index in [1.807, 2.05) is 6.92 Å². The van der Waals surface area contributed by atoms with Gasteiger partial charge in [0.05, 0.1) is 10.6 Å². The summed E-state index contributed by atoms with van der Waals surface area (Å²) in [5.74, 6) is 0.491. The molecule has 0 radical (unpaired) electrons. The zero-order valence-corrected chi connectivity index (χ0v) is 19.6. The number of piperidine rings is 1. The first kappa shape index (κ1) is 23.2. The predicted octanol–water partition coefficient (Wildman–Crippen LogP) is 3.70. The van der Waals surface area contributed by atoms with Crippen LogP contribution in [0.5, 0.6) is 0 Å². The maximum Gasteiger partial charge on any atom is 0.240 e. The normalized spacial score (nSPS) is 20.4. The molecule has 1 unspecified atom stereocenters. The van der Waals surface area contributed by atoms with Gasteiger partial charge in [-0.1, -0.05) is 19.1 Å².